The zero-order valence-electron chi connectivity index (χ0n) is 7.94. The van der Waals surface area contributed by atoms with Gasteiger partial charge in [-0.1, -0.05) is 23.2 Å². The van der Waals surface area contributed by atoms with Crippen molar-refractivity contribution in [3.05, 3.63) is 28.2 Å². The van der Waals surface area contributed by atoms with Crippen molar-refractivity contribution in [3.8, 4) is 0 Å². The summed E-state index contributed by atoms with van der Waals surface area (Å²) in [5.74, 6) is -0.328. The van der Waals surface area contributed by atoms with Crippen molar-refractivity contribution in [2.24, 2.45) is 0 Å². The average Bonchev–Trinajstić information content (AvgIpc) is 2.07. The molecule has 0 radical (unpaired) electrons. The standard InChI is InChI=1S/C9H10Cl2O3S/c1-6(12)5-15(13,14)7-2-3-8(10)9(11)4-7/h2-4,6,12H,5H2,1H3/t6-/m1/s1. The molecule has 15 heavy (non-hydrogen) atoms. The lowest BCUT2D eigenvalue weighted by molar-refractivity contribution is 0.218. The first kappa shape index (κ1) is 12.8. The highest BCUT2D eigenvalue weighted by Crippen LogP contribution is 2.25. The molecule has 3 nitrogen and oxygen atoms in total. The van der Waals surface area contributed by atoms with Gasteiger partial charge in [-0.2, -0.15) is 0 Å². The van der Waals surface area contributed by atoms with Crippen LogP contribution in [0.1, 0.15) is 6.92 Å². The second-order valence-corrected chi connectivity index (χ2v) is 6.05. The molecule has 1 aromatic rings. The number of sulfone groups is 1. The van der Waals surface area contributed by atoms with Crippen molar-refractivity contribution in [1.29, 1.82) is 0 Å². The highest BCUT2D eigenvalue weighted by atomic mass is 35.5. The fraction of sp³-hybridized carbons (Fsp3) is 0.333. The van der Waals surface area contributed by atoms with E-state index in [1.54, 1.807) is 0 Å². The Morgan fingerprint density at radius 3 is 2.40 bits per heavy atom. The topological polar surface area (TPSA) is 54.4 Å². The van der Waals surface area contributed by atoms with Gasteiger partial charge in [-0.25, -0.2) is 8.42 Å². The van der Waals surface area contributed by atoms with Gasteiger partial charge in [0.25, 0.3) is 0 Å². The first-order chi connectivity index (χ1) is 6.83. The molecule has 0 unspecified atom stereocenters. The van der Waals surface area contributed by atoms with E-state index in [0.29, 0.717) is 5.02 Å². The lowest BCUT2D eigenvalue weighted by atomic mass is 10.4. The summed E-state index contributed by atoms with van der Waals surface area (Å²) in [4.78, 5) is 0.0674. The Kier molecular flexibility index (Phi) is 4.00. The molecule has 6 heteroatoms. The minimum atomic E-state index is -3.49. The summed E-state index contributed by atoms with van der Waals surface area (Å²) in [5, 5.41) is 9.52. The van der Waals surface area contributed by atoms with Crippen molar-refractivity contribution in [2.75, 3.05) is 5.75 Å². The maximum absolute atomic E-state index is 11.6. The maximum atomic E-state index is 11.6. The molecular formula is C9H10Cl2O3S. The molecule has 0 aliphatic heterocycles. The molecule has 0 amide bonds. The van der Waals surface area contributed by atoms with E-state index in [2.05, 4.69) is 0 Å². The van der Waals surface area contributed by atoms with Crippen LogP contribution in [0.15, 0.2) is 23.1 Å². The van der Waals surface area contributed by atoms with E-state index < -0.39 is 15.9 Å². The van der Waals surface area contributed by atoms with E-state index >= 15 is 0 Å². The van der Waals surface area contributed by atoms with Crippen LogP contribution in [0.25, 0.3) is 0 Å². The van der Waals surface area contributed by atoms with Crippen LogP contribution in [0.5, 0.6) is 0 Å². The Bertz CT molecular complexity index is 454. The Labute approximate surface area is 98.6 Å². The minimum Gasteiger partial charge on any atom is -0.392 e. The second-order valence-electron chi connectivity index (χ2n) is 3.21. The number of hydrogen-bond donors (Lipinski definition) is 1. The molecule has 0 heterocycles. The third-order valence-corrected chi connectivity index (χ3v) is 4.34. The smallest absolute Gasteiger partial charge is 0.180 e. The molecule has 0 saturated carbocycles. The van der Waals surface area contributed by atoms with Gasteiger partial charge in [0.05, 0.1) is 26.8 Å². The van der Waals surface area contributed by atoms with E-state index in [0.717, 1.165) is 0 Å². The van der Waals surface area contributed by atoms with Crippen molar-refractivity contribution >= 4 is 33.0 Å². The average molecular weight is 269 g/mol. The van der Waals surface area contributed by atoms with Crippen LogP contribution >= 0.6 is 23.2 Å². The summed E-state index contributed by atoms with van der Waals surface area (Å²) in [6.07, 6.45) is -0.913. The predicted molar refractivity (Wildman–Crippen MR) is 60.2 cm³/mol. The number of aliphatic hydroxyl groups excluding tert-OH is 1. The van der Waals surface area contributed by atoms with Gasteiger partial charge in [-0.3, -0.25) is 0 Å². The highest BCUT2D eigenvalue weighted by Gasteiger charge is 2.18. The minimum absolute atomic E-state index is 0.0674. The van der Waals surface area contributed by atoms with Crippen LogP contribution < -0.4 is 0 Å². The molecule has 0 saturated heterocycles. The summed E-state index contributed by atoms with van der Waals surface area (Å²) in [6, 6.07) is 4.06. The highest BCUT2D eigenvalue weighted by molar-refractivity contribution is 7.91. The second kappa shape index (κ2) is 4.70. The number of rotatable bonds is 3. The molecule has 1 N–H and O–H groups in total. The van der Waals surface area contributed by atoms with Crippen molar-refractivity contribution < 1.29 is 13.5 Å². The van der Waals surface area contributed by atoms with E-state index in [1.165, 1.54) is 25.1 Å². The summed E-state index contributed by atoms with van der Waals surface area (Å²) in [5.41, 5.74) is 0. The van der Waals surface area contributed by atoms with Crippen LogP contribution in [-0.2, 0) is 9.84 Å². The molecule has 1 aromatic carbocycles. The SMILES string of the molecule is C[C@@H](O)CS(=O)(=O)c1ccc(Cl)c(Cl)c1. The molecular weight excluding hydrogens is 259 g/mol. The van der Waals surface area contributed by atoms with Gasteiger partial charge in [-0.15, -0.1) is 0 Å². The Hall–Kier alpha value is -0.290. The lowest BCUT2D eigenvalue weighted by Gasteiger charge is -2.07. The van der Waals surface area contributed by atoms with Gasteiger partial charge in [0.15, 0.2) is 9.84 Å². The van der Waals surface area contributed by atoms with Crippen LogP contribution in [0.2, 0.25) is 10.0 Å². The van der Waals surface area contributed by atoms with Crippen molar-refractivity contribution in [2.45, 2.75) is 17.9 Å². The summed E-state index contributed by atoms with van der Waals surface area (Å²) >= 11 is 11.4. The molecule has 0 fully saturated rings. The quantitative estimate of drug-likeness (QED) is 0.914. The van der Waals surface area contributed by atoms with Crippen molar-refractivity contribution in [3.63, 3.8) is 0 Å². The summed E-state index contributed by atoms with van der Waals surface area (Å²) < 4.78 is 23.3. The normalized spacial score (nSPS) is 13.9. The van der Waals surface area contributed by atoms with Gasteiger partial charge in [-0.05, 0) is 25.1 Å². The fourth-order valence-electron chi connectivity index (χ4n) is 1.08. The van der Waals surface area contributed by atoms with Crippen molar-refractivity contribution in [1.82, 2.24) is 0 Å². The fourth-order valence-corrected chi connectivity index (χ4v) is 2.85. The molecule has 0 aliphatic rings. The first-order valence-electron chi connectivity index (χ1n) is 4.19. The van der Waals surface area contributed by atoms with Crippen LogP contribution in [-0.4, -0.2) is 25.4 Å². The predicted octanol–water partition coefficient (Wildman–Crippen LogP) is 2.15. The largest absolute Gasteiger partial charge is 0.392 e. The van der Waals surface area contributed by atoms with E-state index in [4.69, 9.17) is 28.3 Å². The Morgan fingerprint density at radius 1 is 1.33 bits per heavy atom. The van der Waals surface area contributed by atoms with Crippen LogP contribution in [0, 0.1) is 0 Å². The maximum Gasteiger partial charge on any atom is 0.180 e. The number of halogens is 2. The number of hydrogen-bond acceptors (Lipinski definition) is 3. The van der Waals surface area contributed by atoms with E-state index in [-0.39, 0.29) is 15.7 Å². The van der Waals surface area contributed by atoms with E-state index in [1.807, 2.05) is 0 Å². The molecule has 0 spiro atoms. The molecule has 0 aromatic heterocycles. The zero-order chi connectivity index (χ0) is 11.6. The molecule has 0 bridgehead atoms. The Balaban J connectivity index is 3.11. The van der Waals surface area contributed by atoms with Gasteiger partial charge in [0.1, 0.15) is 0 Å². The summed E-state index contributed by atoms with van der Waals surface area (Å²) in [6.45, 7) is 1.41. The monoisotopic (exact) mass is 268 g/mol. The number of benzene rings is 1. The zero-order valence-corrected chi connectivity index (χ0v) is 10.3. The van der Waals surface area contributed by atoms with Gasteiger partial charge in [0.2, 0.25) is 0 Å². The number of aliphatic hydroxyl groups is 1. The summed E-state index contributed by atoms with van der Waals surface area (Å²) in [7, 11) is -3.49. The molecule has 84 valence electrons. The van der Waals surface area contributed by atoms with Gasteiger partial charge < -0.3 is 5.11 Å². The van der Waals surface area contributed by atoms with Gasteiger partial charge in [0, 0.05) is 0 Å². The first-order valence-corrected chi connectivity index (χ1v) is 6.59. The molecule has 1 rings (SSSR count). The molecule has 1 atom stereocenters. The lowest BCUT2D eigenvalue weighted by Crippen LogP contribution is -2.17. The third-order valence-electron chi connectivity index (χ3n) is 1.71. The van der Waals surface area contributed by atoms with Crippen LogP contribution in [0.4, 0.5) is 0 Å². The molecule has 0 aliphatic carbocycles. The van der Waals surface area contributed by atoms with E-state index in [9.17, 15) is 8.42 Å². The Morgan fingerprint density at radius 2 is 1.93 bits per heavy atom. The van der Waals surface area contributed by atoms with Crippen LogP contribution in [0.3, 0.4) is 0 Å². The third kappa shape index (κ3) is 3.34. The van der Waals surface area contributed by atoms with Gasteiger partial charge >= 0.3 is 0 Å².